The fraction of sp³-hybridized carbons (Fsp3) is 0.727. The lowest BCUT2D eigenvalue weighted by molar-refractivity contribution is -0.138. The number of hydrogen-bond donors (Lipinski definition) is 3. The molecule has 17 heavy (non-hydrogen) atoms. The maximum Gasteiger partial charge on any atom is 0.249 e. The quantitative estimate of drug-likeness (QED) is 0.555. The number of nitrogens with two attached hydrogens (primary N) is 1. The van der Waals surface area contributed by atoms with Crippen LogP contribution in [0.1, 0.15) is 33.6 Å². The second-order valence-corrected chi connectivity index (χ2v) is 5.36. The van der Waals surface area contributed by atoms with E-state index in [0.29, 0.717) is 6.42 Å². The maximum absolute atomic E-state index is 11.8. The zero-order valence-electron chi connectivity index (χ0n) is 10.4. The van der Waals surface area contributed by atoms with E-state index >= 15 is 0 Å². The maximum atomic E-state index is 11.8. The molecule has 0 aliphatic carbocycles. The smallest absolute Gasteiger partial charge is 0.249 e. The highest BCUT2D eigenvalue weighted by Crippen LogP contribution is 2.17. The molecular weight excluding hydrogens is 222 g/mol. The van der Waals surface area contributed by atoms with Gasteiger partial charge in [0.1, 0.15) is 6.04 Å². The topological polar surface area (TPSA) is 101 Å². The third-order valence-corrected chi connectivity index (χ3v) is 2.77. The molecule has 1 fully saturated rings. The largest absolute Gasteiger partial charge is 0.343 e. The summed E-state index contributed by atoms with van der Waals surface area (Å²) in [4.78, 5) is 34.1. The second-order valence-electron chi connectivity index (χ2n) is 5.36. The average molecular weight is 241 g/mol. The van der Waals surface area contributed by atoms with Crippen molar-refractivity contribution in [1.82, 2.24) is 10.6 Å². The van der Waals surface area contributed by atoms with E-state index in [1.165, 1.54) is 0 Å². The van der Waals surface area contributed by atoms with Gasteiger partial charge in [0.2, 0.25) is 17.7 Å². The van der Waals surface area contributed by atoms with Gasteiger partial charge in [0.05, 0.1) is 6.04 Å². The molecule has 0 spiro atoms. The lowest BCUT2D eigenvalue weighted by atomic mass is 9.86. The molecule has 0 aromatic heterocycles. The molecule has 4 N–H and O–H groups in total. The molecule has 0 aromatic rings. The Balaban J connectivity index is 2.57. The summed E-state index contributed by atoms with van der Waals surface area (Å²) in [7, 11) is 0. The zero-order valence-corrected chi connectivity index (χ0v) is 10.4. The van der Waals surface area contributed by atoms with Crippen LogP contribution in [0.2, 0.25) is 0 Å². The molecule has 2 unspecified atom stereocenters. The van der Waals surface area contributed by atoms with Gasteiger partial charge in [-0.05, 0) is 11.8 Å². The molecular formula is C11H19N3O3. The SMILES string of the molecule is CC(C)(C)C(N)C(=O)NC1CCC(=O)NC1=O. The Morgan fingerprint density at radius 1 is 1.47 bits per heavy atom. The van der Waals surface area contributed by atoms with Crippen molar-refractivity contribution in [1.29, 1.82) is 0 Å². The Bertz CT molecular complexity index is 346. The van der Waals surface area contributed by atoms with Crippen LogP contribution in [0.15, 0.2) is 0 Å². The van der Waals surface area contributed by atoms with E-state index in [4.69, 9.17) is 5.73 Å². The van der Waals surface area contributed by atoms with Crippen LogP contribution < -0.4 is 16.4 Å². The first-order valence-electron chi connectivity index (χ1n) is 5.61. The Morgan fingerprint density at radius 3 is 2.53 bits per heavy atom. The molecule has 1 heterocycles. The van der Waals surface area contributed by atoms with E-state index in [1.54, 1.807) is 0 Å². The fourth-order valence-corrected chi connectivity index (χ4v) is 1.49. The predicted molar refractivity (Wildman–Crippen MR) is 61.7 cm³/mol. The highest BCUT2D eigenvalue weighted by Gasteiger charge is 2.32. The van der Waals surface area contributed by atoms with Crippen molar-refractivity contribution < 1.29 is 14.4 Å². The number of imide groups is 1. The third kappa shape index (κ3) is 3.52. The Kier molecular flexibility index (Phi) is 3.87. The molecule has 6 nitrogen and oxygen atoms in total. The highest BCUT2D eigenvalue weighted by atomic mass is 16.2. The highest BCUT2D eigenvalue weighted by molar-refractivity contribution is 6.02. The van der Waals surface area contributed by atoms with E-state index in [0.717, 1.165) is 0 Å². The normalized spacial score (nSPS) is 22.9. The van der Waals surface area contributed by atoms with Gasteiger partial charge in [-0.25, -0.2) is 0 Å². The summed E-state index contributed by atoms with van der Waals surface area (Å²) in [6.07, 6.45) is 0.564. The van der Waals surface area contributed by atoms with Gasteiger partial charge in [-0.1, -0.05) is 20.8 Å². The van der Waals surface area contributed by atoms with Crippen molar-refractivity contribution in [3.05, 3.63) is 0 Å². The van der Waals surface area contributed by atoms with E-state index in [9.17, 15) is 14.4 Å². The van der Waals surface area contributed by atoms with Crippen LogP contribution in [0.4, 0.5) is 0 Å². The van der Waals surface area contributed by atoms with Crippen LogP contribution in [0.25, 0.3) is 0 Å². The van der Waals surface area contributed by atoms with Crippen LogP contribution >= 0.6 is 0 Å². The number of carbonyl (C=O) groups excluding carboxylic acids is 3. The molecule has 0 radical (unpaired) electrons. The summed E-state index contributed by atoms with van der Waals surface area (Å²) in [6, 6.07) is -1.35. The van der Waals surface area contributed by atoms with Crippen molar-refractivity contribution in [2.45, 2.75) is 45.7 Å². The van der Waals surface area contributed by atoms with Crippen molar-refractivity contribution in [2.75, 3.05) is 0 Å². The van der Waals surface area contributed by atoms with Crippen LogP contribution in [0.5, 0.6) is 0 Å². The van der Waals surface area contributed by atoms with Gasteiger partial charge < -0.3 is 11.1 Å². The number of nitrogens with one attached hydrogen (secondary N) is 2. The van der Waals surface area contributed by atoms with Crippen LogP contribution in [0.3, 0.4) is 0 Å². The molecule has 96 valence electrons. The van der Waals surface area contributed by atoms with Crippen LogP contribution in [-0.2, 0) is 14.4 Å². The van der Waals surface area contributed by atoms with Crippen molar-refractivity contribution in [3.8, 4) is 0 Å². The molecule has 6 heteroatoms. The van der Waals surface area contributed by atoms with E-state index in [1.807, 2.05) is 20.8 Å². The van der Waals surface area contributed by atoms with Crippen molar-refractivity contribution in [3.63, 3.8) is 0 Å². The van der Waals surface area contributed by atoms with Gasteiger partial charge in [-0.15, -0.1) is 0 Å². The van der Waals surface area contributed by atoms with Crippen LogP contribution in [-0.4, -0.2) is 29.8 Å². The summed E-state index contributed by atoms with van der Waals surface area (Å²) in [5.41, 5.74) is 5.40. The van der Waals surface area contributed by atoms with Gasteiger partial charge in [0, 0.05) is 6.42 Å². The van der Waals surface area contributed by atoms with Gasteiger partial charge >= 0.3 is 0 Å². The van der Waals surface area contributed by atoms with Gasteiger partial charge in [-0.2, -0.15) is 0 Å². The Hall–Kier alpha value is -1.43. The summed E-state index contributed by atoms with van der Waals surface area (Å²) >= 11 is 0. The van der Waals surface area contributed by atoms with Gasteiger partial charge in [0.15, 0.2) is 0 Å². The Morgan fingerprint density at radius 2 is 2.06 bits per heavy atom. The first-order valence-corrected chi connectivity index (χ1v) is 5.61. The predicted octanol–water partition coefficient (Wildman–Crippen LogP) is -0.719. The molecule has 0 saturated carbocycles. The third-order valence-electron chi connectivity index (χ3n) is 2.77. The molecule has 1 aliphatic rings. The van der Waals surface area contributed by atoms with Crippen molar-refractivity contribution >= 4 is 17.7 Å². The van der Waals surface area contributed by atoms with Gasteiger partial charge in [0.25, 0.3) is 0 Å². The second kappa shape index (κ2) is 4.83. The molecule has 2 atom stereocenters. The van der Waals surface area contributed by atoms with Crippen LogP contribution in [0, 0.1) is 5.41 Å². The lowest BCUT2D eigenvalue weighted by Crippen LogP contribution is -2.57. The number of amides is 3. The van der Waals surface area contributed by atoms with Gasteiger partial charge in [-0.3, -0.25) is 19.7 Å². The molecule has 1 aliphatic heterocycles. The first kappa shape index (κ1) is 13.6. The summed E-state index contributed by atoms with van der Waals surface area (Å²) < 4.78 is 0. The first-order chi connectivity index (χ1) is 7.71. The fourth-order valence-electron chi connectivity index (χ4n) is 1.49. The molecule has 0 aromatic carbocycles. The molecule has 3 amide bonds. The number of rotatable bonds is 2. The molecule has 1 saturated heterocycles. The number of piperidine rings is 1. The van der Waals surface area contributed by atoms with E-state index in [2.05, 4.69) is 10.6 Å². The Labute approximate surface area is 100 Å². The number of hydrogen-bond acceptors (Lipinski definition) is 4. The summed E-state index contributed by atoms with van der Waals surface area (Å²) in [6.45, 7) is 5.55. The number of carbonyl (C=O) groups is 3. The molecule has 1 rings (SSSR count). The lowest BCUT2D eigenvalue weighted by Gasteiger charge is -2.29. The monoisotopic (exact) mass is 241 g/mol. The van der Waals surface area contributed by atoms with E-state index in [-0.39, 0.29) is 23.7 Å². The van der Waals surface area contributed by atoms with E-state index < -0.39 is 18.0 Å². The summed E-state index contributed by atoms with van der Waals surface area (Å²) in [5, 5.41) is 4.75. The zero-order chi connectivity index (χ0) is 13.2. The minimum Gasteiger partial charge on any atom is -0.343 e. The summed E-state index contributed by atoms with van der Waals surface area (Å²) in [5.74, 6) is -1.14. The average Bonchev–Trinajstić information content (AvgIpc) is 2.19. The minimum atomic E-state index is -0.687. The molecule has 0 bridgehead atoms. The van der Waals surface area contributed by atoms with Crippen molar-refractivity contribution in [2.24, 2.45) is 11.1 Å². The standard InChI is InChI=1S/C11H19N3O3/c1-11(2,3)8(12)10(17)13-6-4-5-7(15)14-9(6)16/h6,8H,4-5,12H2,1-3H3,(H,13,17)(H,14,15,16). The minimum absolute atomic E-state index is 0.238.